The SMILES string of the molecule is Cc1cncc(C(=O)Nc2cccc(C(=O)c3ccc4c(C=Cc5ccccc5)n[nH]c4c3)c2)c1. The van der Waals surface area contributed by atoms with Crippen molar-refractivity contribution in [3.05, 3.63) is 125 Å². The summed E-state index contributed by atoms with van der Waals surface area (Å²) in [5.74, 6) is -0.419. The molecule has 0 saturated carbocycles. The van der Waals surface area contributed by atoms with Crippen LogP contribution in [0.2, 0.25) is 0 Å². The number of carbonyl (C=O) groups excluding carboxylic acids is 2. The Morgan fingerprint density at radius 3 is 2.49 bits per heavy atom. The summed E-state index contributed by atoms with van der Waals surface area (Å²) in [6.45, 7) is 1.88. The molecule has 0 aliphatic carbocycles. The highest BCUT2D eigenvalue weighted by molar-refractivity contribution is 6.12. The van der Waals surface area contributed by atoms with E-state index in [0.29, 0.717) is 22.4 Å². The molecule has 0 aliphatic heterocycles. The van der Waals surface area contributed by atoms with E-state index in [4.69, 9.17) is 0 Å². The lowest BCUT2D eigenvalue weighted by Crippen LogP contribution is -2.13. The molecule has 2 heterocycles. The number of anilines is 1. The van der Waals surface area contributed by atoms with E-state index in [0.717, 1.165) is 27.7 Å². The molecule has 0 radical (unpaired) electrons. The number of aromatic amines is 1. The first-order chi connectivity index (χ1) is 17.1. The number of nitrogens with one attached hydrogen (secondary N) is 2. The number of aromatic nitrogens is 3. The summed E-state index contributed by atoms with van der Waals surface area (Å²) in [6.07, 6.45) is 7.15. The standard InChI is InChI=1S/C29H22N4O2/c1-19-14-23(18-30-17-19)29(35)31-24-9-5-8-21(15-24)28(34)22-11-12-25-26(32-33-27(25)16-22)13-10-20-6-3-2-4-7-20/h2-18H,1H3,(H,31,35)(H,32,33). The summed E-state index contributed by atoms with van der Waals surface area (Å²) >= 11 is 0. The van der Waals surface area contributed by atoms with Gasteiger partial charge in [0, 0.05) is 34.6 Å². The fourth-order valence-electron chi connectivity index (χ4n) is 3.84. The van der Waals surface area contributed by atoms with Gasteiger partial charge in [0.05, 0.1) is 16.8 Å². The van der Waals surface area contributed by atoms with Crippen LogP contribution in [0.15, 0.2) is 91.3 Å². The first-order valence-electron chi connectivity index (χ1n) is 11.2. The first kappa shape index (κ1) is 22.0. The van der Waals surface area contributed by atoms with Crippen molar-refractivity contribution in [1.29, 1.82) is 0 Å². The molecule has 35 heavy (non-hydrogen) atoms. The summed E-state index contributed by atoms with van der Waals surface area (Å²) < 4.78 is 0. The number of carbonyl (C=O) groups is 2. The number of nitrogens with zero attached hydrogens (tertiary/aromatic N) is 2. The molecule has 170 valence electrons. The number of pyridine rings is 1. The van der Waals surface area contributed by atoms with Gasteiger partial charge in [-0.3, -0.25) is 19.7 Å². The fraction of sp³-hybridized carbons (Fsp3) is 0.0345. The van der Waals surface area contributed by atoms with Crippen molar-refractivity contribution in [3.63, 3.8) is 0 Å². The molecule has 0 aliphatic rings. The van der Waals surface area contributed by atoms with Gasteiger partial charge in [-0.05, 0) is 54.5 Å². The molecule has 5 rings (SSSR count). The molecule has 6 heteroatoms. The second-order valence-electron chi connectivity index (χ2n) is 8.23. The van der Waals surface area contributed by atoms with Crippen LogP contribution >= 0.6 is 0 Å². The summed E-state index contributed by atoms with van der Waals surface area (Å²) in [7, 11) is 0. The van der Waals surface area contributed by atoms with Crippen molar-refractivity contribution < 1.29 is 9.59 Å². The van der Waals surface area contributed by atoms with Crippen LogP contribution in [0.1, 0.15) is 43.1 Å². The smallest absolute Gasteiger partial charge is 0.257 e. The Hall–Kier alpha value is -4.84. The zero-order valence-corrected chi connectivity index (χ0v) is 19.0. The van der Waals surface area contributed by atoms with Crippen molar-refractivity contribution in [2.75, 3.05) is 5.32 Å². The maximum absolute atomic E-state index is 13.2. The van der Waals surface area contributed by atoms with Gasteiger partial charge in [0.25, 0.3) is 5.91 Å². The number of hydrogen-bond acceptors (Lipinski definition) is 4. The summed E-state index contributed by atoms with van der Waals surface area (Å²) in [6, 6.07) is 24.2. The van der Waals surface area contributed by atoms with Gasteiger partial charge in [-0.2, -0.15) is 5.10 Å². The number of fused-ring (bicyclic) bond motifs is 1. The monoisotopic (exact) mass is 458 g/mol. The van der Waals surface area contributed by atoms with E-state index in [1.54, 1.807) is 48.7 Å². The van der Waals surface area contributed by atoms with Crippen LogP contribution in [0.4, 0.5) is 5.69 Å². The van der Waals surface area contributed by atoms with E-state index in [9.17, 15) is 9.59 Å². The average Bonchev–Trinajstić information content (AvgIpc) is 3.30. The molecule has 0 atom stereocenters. The van der Waals surface area contributed by atoms with Crippen molar-refractivity contribution in [3.8, 4) is 0 Å². The largest absolute Gasteiger partial charge is 0.322 e. The minimum Gasteiger partial charge on any atom is -0.322 e. The number of aryl methyl sites for hydroxylation is 1. The normalized spacial score (nSPS) is 11.1. The second-order valence-corrected chi connectivity index (χ2v) is 8.23. The maximum atomic E-state index is 13.2. The Morgan fingerprint density at radius 1 is 0.829 bits per heavy atom. The molecule has 0 fully saturated rings. The van der Waals surface area contributed by atoms with Crippen LogP contribution in [-0.2, 0) is 0 Å². The van der Waals surface area contributed by atoms with E-state index in [2.05, 4.69) is 20.5 Å². The molecule has 1 amide bonds. The Balaban J connectivity index is 1.35. The Morgan fingerprint density at radius 2 is 1.66 bits per heavy atom. The van der Waals surface area contributed by atoms with E-state index < -0.39 is 0 Å². The fourth-order valence-corrected chi connectivity index (χ4v) is 3.84. The van der Waals surface area contributed by atoms with Gasteiger partial charge in [-0.1, -0.05) is 54.6 Å². The number of hydrogen-bond donors (Lipinski definition) is 2. The predicted octanol–water partition coefficient (Wildman–Crippen LogP) is 5.92. The Kier molecular flexibility index (Phi) is 6.01. The Bertz CT molecular complexity index is 1570. The van der Waals surface area contributed by atoms with Crippen molar-refractivity contribution >= 4 is 40.4 Å². The zero-order valence-electron chi connectivity index (χ0n) is 19.0. The zero-order chi connectivity index (χ0) is 24.2. The lowest BCUT2D eigenvalue weighted by molar-refractivity contribution is 0.102. The molecule has 6 nitrogen and oxygen atoms in total. The number of ketones is 1. The van der Waals surface area contributed by atoms with Crippen LogP contribution in [0, 0.1) is 6.92 Å². The summed E-state index contributed by atoms with van der Waals surface area (Å²) in [4.78, 5) is 29.8. The third-order valence-corrected chi connectivity index (χ3v) is 5.61. The van der Waals surface area contributed by atoms with E-state index >= 15 is 0 Å². The third kappa shape index (κ3) is 4.91. The number of H-pyrrole nitrogens is 1. The minimum atomic E-state index is -0.277. The van der Waals surface area contributed by atoms with Gasteiger partial charge < -0.3 is 5.32 Å². The van der Waals surface area contributed by atoms with Gasteiger partial charge in [0.15, 0.2) is 5.78 Å². The van der Waals surface area contributed by atoms with Crippen LogP contribution < -0.4 is 5.32 Å². The maximum Gasteiger partial charge on any atom is 0.257 e. The highest BCUT2D eigenvalue weighted by Gasteiger charge is 2.14. The van der Waals surface area contributed by atoms with Crippen LogP contribution in [0.3, 0.4) is 0 Å². The Labute approximate surface area is 202 Å². The van der Waals surface area contributed by atoms with E-state index in [1.165, 1.54) is 6.20 Å². The molecule has 0 spiro atoms. The topological polar surface area (TPSA) is 87.7 Å². The summed E-state index contributed by atoms with van der Waals surface area (Å²) in [5.41, 5.74) is 5.58. The molecular weight excluding hydrogens is 436 g/mol. The quantitative estimate of drug-likeness (QED) is 0.309. The summed E-state index contributed by atoms with van der Waals surface area (Å²) in [5, 5.41) is 11.2. The minimum absolute atomic E-state index is 0.142. The van der Waals surface area contributed by atoms with Crippen molar-refractivity contribution in [1.82, 2.24) is 15.2 Å². The number of amides is 1. The molecule has 2 aromatic heterocycles. The first-order valence-corrected chi connectivity index (χ1v) is 11.2. The number of rotatable bonds is 6. The molecule has 0 bridgehead atoms. The molecular formula is C29H22N4O2. The third-order valence-electron chi connectivity index (χ3n) is 5.61. The average molecular weight is 459 g/mol. The molecule has 5 aromatic rings. The highest BCUT2D eigenvalue weighted by Crippen LogP contribution is 2.22. The molecule has 3 aromatic carbocycles. The second kappa shape index (κ2) is 9.57. The van der Waals surface area contributed by atoms with Crippen molar-refractivity contribution in [2.45, 2.75) is 6.92 Å². The van der Waals surface area contributed by atoms with Gasteiger partial charge in [-0.25, -0.2) is 0 Å². The van der Waals surface area contributed by atoms with E-state index in [1.807, 2.05) is 55.5 Å². The van der Waals surface area contributed by atoms with Crippen LogP contribution in [0.5, 0.6) is 0 Å². The van der Waals surface area contributed by atoms with Crippen LogP contribution in [-0.4, -0.2) is 26.9 Å². The highest BCUT2D eigenvalue weighted by atomic mass is 16.1. The van der Waals surface area contributed by atoms with E-state index in [-0.39, 0.29) is 11.7 Å². The van der Waals surface area contributed by atoms with Crippen LogP contribution in [0.25, 0.3) is 23.1 Å². The predicted molar refractivity (Wildman–Crippen MR) is 138 cm³/mol. The van der Waals surface area contributed by atoms with Gasteiger partial charge in [-0.15, -0.1) is 0 Å². The lowest BCUT2D eigenvalue weighted by atomic mass is 10.0. The van der Waals surface area contributed by atoms with Crippen molar-refractivity contribution in [2.24, 2.45) is 0 Å². The molecule has 2 N–H and O–H groups in total. The lowest BCUT2D eigenvalue weighted by Gasteiger charge is -2.08. The molecule has 0 unspecified atom stereocenters. The molecule has 0 saturated heterocycles. The van der Waals surface area contributed by atoms with Gasteiger partial charge in [0.2, 0.25) is 0 Å². The number of benzene rings is 3. The van der Waals surface area contributed by atoms with Gasteiger partial charge in [0.1, 0.15) is 0 Å². The van der Waals surface area contributed by atoms with Gasteiger partial charge >= 0.3 is 0 Å².